The van der Waals surface area contributed by atoms with Crippen LogP contribution in [0.5, 0.6) is 0 Å². The standard InChI is InChI=1S/C11H15Br2NOS/c1-7(2)14(5-4-12)11(15)9-6-8(3)10(13)16-9/h6-7H,4-5H2,1-3H3. The van der Waals surface area contributed by atoms with Gasteiger partial charge in [0.1, 0.15) is 0 Å². The Balaban J connectivity index is 2.90. The normalized spacial score (nSPS) is 10.9. The van der Waals surface area contributed by atoms with Crippen LogP contribution in [0.3, 0.4) is 0 Å². The van der Waals surface area contributed by atoms with Gasteiger partial charge >= 0.3 is 0 Å². The van der Waals surface area contributed by atoms with Crippen molar-refractivity contribution < 1.29 is 4.79 Å². The molecular formula is C11H15Br2NOS. The fraction of sp³-hybridized carbons (Fsp3) is 0.545. The van der Waals surface area contributed by atoms with Crippen LogP contribution in [0.25, 0.3) is 0 Å². The summed E-state index contributed by atoms with van der Waals surface area (Å²) in [5.41, 5.74) is 1.12. The second-order valence-corrected chi connectivity index (χ2v) is 7.01. The zero-order chi connectivity index (χ0) is 12.3. The van der Waals surface area contributed by atoms with Crippen LogP contribution in [0.1, 0.15) is 29.1 Å². The van der Waals surface area contributed by atoms with Gasteiger partial charge in [-0.25, -0.2) is 0 Å². The summed E-state index contributed by atoms with van der Waals surface area (Å²) in [6.45, 7) is 6.82. The van der Waals surface area contributed by atoms with Crippen molar-refractivity contribution in [2.75, 3.05) is 11.9 Å². The van der Waals surface area contributed by atoms with Crippen molar-refractivity contribution in [2.45, 2.75) is 26.8 Å². The van der Waals surface area contributed by atoms with Crippen LogP contribution >= 0.6 is 43.2 Å². The molecule has 0 spiro atoms. The molecule has 0 saturated carbocycles. The van der Waals surface area contributed by atoms with Crippen molar-refractivity contribution in [2.24, 2.45) is 0 Å². The van der Waals surface area contributed by atoms with E-state index in [0.717, 1.165) is 26.1 Å². The minimum Gasteiger partial charge on any atom is -0.335 e. The minimum absolute atomic E-state index is 0.119. The van der Waals surface area contributed by atoms with E-state index in [4.69, 9.17) is 0 Å². The Bertz CT molecular complexity index is 357. The molecule has 5 heteroatoms. The van der Waals surface area contributed by atoms with Crippen molar-refractivity contribution in [3.8, 4) is 0 Å². The number of nitrogens with zero attached hydrogens (tertiary/aromatic N) is 1. The fourth-order valence-electron chi connectivity index (χ4n) is 1.39. The molecule has 0 fully saturated rings. The Morgan fingerprint density at radius 3 is 2.56 bits per heavy atom. The first-order valence-corrected chi connectivity index (χ1v) is 7.83. The lowest BCUT2D eigenvalue weighted by atomic mass is 10.2. The first-order valence-electron chi connectivity index (χ1n) is 5.10. The number of rotatable bonds is 4. The summed E-state index contributed by atoms with van der Waals surface area (Å²) in [5, 5.41) is 0.808. The largest absolute Gasteiger partial charge is 0.335 e. The van der Waals surface area contributed by atoms with Crippen LogP contribution in [0.15, 0.2) is 9.85 Å². The predicted molar refractivity (Wildman–Crippen MR) is 76.7 cm³/mol. The van der Waals surface area contributed by atoms with Crippen LogP contribution in [-0.2, 0) is 0 Å². The quantitative estimate of drug-likeness (QED) is 0.733. The molecular weight excluding hydrogens is 354 g/mol. The maximum atomic E-state index is 12.2. The average molecular weight is 369 g/mol. The van der Waals surface area contributed by atoms with Crippen molar-refractivity contribution >= 4 is 49.1 Å². The number of hydrogen-bond acceptors (Lipinski definition) is 2. The SMILES string of the molecule is Cc1cc(C(=O)N(CCBr)C(C)C)sc1Br. The Labute approximate surface area is 117 Å². The van der Waals surface area contributed by atoms with Crippen LogP contribution in [0, 0.1) is 6.92 Å². The molecule has 0 unspecified atom stereocenters. The molecule has 1 aromatic heterocycles. The van der Waals surface area contributed by atoms with Gasteiger partial charge in [-0.15, -0.1) is 11.3 Å². The lowest BCUT2D eigenvalue weighted by molar-refractivity contribution is 0.0724. The Morgan fingerprint density at radius 1 is 1.56 bits per heavy atom. The Kier molecular flexibility index (Phi) is 5.47. The van der Waals surface area contributed by atoms with Crippen molar-refractivity contribution in [3.63, 3.8) is 0 Å². The van der Waals surface area contributed by atoms with E-state index in [9.17, 15) is 4.79 Å². The molecule has 2 nitrogen and oxygen atoms in total. The van der Waals surface area contributed by atoms with Gasteiger partial charge in [0.25, 0.3) is 5.91 Å². The summed E-state index contributed by atoms with van der Waals surface area (Å²) in [6.07, 6.45) is 0. The molecule has 1 amide bonds. The van der Waals surface area contributed by atoms with Gasteiger partial charge in [0.15, 0.2) is 0 Å². The lowest BCUT2D eigenvalue weighted by Crippen LogP contribution is -2.37. The number of alkyl halides is 1. The first kappa shape index (κ1) is 14.2. The lowest BCUT2D eigenvalue weighted by Gasteiger charge is -2.25. The van der Waals surface area contributed by atoms with E-state index in [0.29, 0.717) is 0 Å². The topological polar surface area (TPSA) is 20.3 Å². The zero-order valence-electron chi connectivity index (χ0n) is 9.59. The number of carbonyl (C=O) groups excluding carboxylic acids is 1. The molecule has 0 aliphatic rings. The number of hydrogen-bond donors (Lipinski definition) is 0. The highest BCUT2D eigenvalue weighted by atomic mass is 79.9. The van der Waals surface area contributed by atoms with Gasteiger partial charge in [-0.2, -0.15) is 0 Å². The van der Waals surface area contributed by atoms with Crippen LogP contribution < -0.4 is 0 Å². The van der Waals surface area contributed by atoms with E-state index in [2.05, 4.69) is 31.9 Å². The molecule has 0 aliphatic carbocycles. The summed E-state index contributed by atoms with van der Waals surface area (Å²) in [4.78, 5) is 14.9. The smallest absolute Gasteiger partial charge is 0.264 e. The summed E-state index contributed by atoms with van der Waals surface area (Å²) in [7, 11) is 0. The van der Waals surface area contributed by atoms with Gasteiger partial charge in [0.2, 0.25) is 0 Å². The molecule has 0 aromatic carbocycles. The number of thiophene rings is 1. The highest BCUT2D eigenvalue weighted by molar-refractivity contribution is 9.11. The average Bonchev–Trinajstić information content (AvgIpc) is 2.54. The number of halogens is 2. The Hall–Kier alpha value is 0.130. The van der Waals surface area contributed by atoms with Crippen molar-refractivity contribution in [1.82, 2.24) is 4.90 Å². The maximum Gasteiger partial charge on any atom is 0.264 e. The molecule has 0 saturated heterocycles. The molecule has 90 valence electrons. The zero-order valence-corrected chi connectivity index (χ0v) is 13.6. The monoisotopic (exact) mass is 367 g/mol. The minimum atomic E-state index is 0.119. The predicted octanol–water partition coefficient (Wildman–Crippen LogP) is 4.06. The van der Waals surface area contributed by atoms with Crippen LogP contribution in [0.2, 0.25) is 0 Å². The van der Waals surface area contributed by atoms with E-state index >= 15 is 0 Å². The molecule has 0 atom stereocenters. The van der Waals surface area contributed by atoms with E-state index in [-0.39, 0.29) is 11.9 Å². The highest BCUT2D eigenvalue weighted by Crippen LogP contribution is 2.28. The molecule has 16 heavy (non-hydrogen) atoms. The third kappa shape index (κ3) is 3.31. The first-order chi connectivity index (χ1) is 7.47. The summed E-state index contributed by atoms with van der Waals surface area (Å²) in [5.74, 6) is 0.119. The maximum absolute atomic E-state index is 12.2. The molecule has 0 bridgehead atoms. The Morgan fingerprint density at radius 2 is 2.19 bits per heavy atom. The van der Waals surface area contributed by atoms with Crippen molar-refractivity contribution in [1.29, 1.82) is 0 Å². The summed E-state index contributed by atoms with van der Waals surface area (Å²) >= 11 is 8.33. The molecule has 1 aromatic rings. The summed E-state index contributed by atoms with van der Waals surface area (Å²) < 4.78 is 1.04. The fourth-order valence-corrected chi connectivity index (χ4v) is 3.27. The van der Waals surface area contributed by atoms with Crippen LogP contribution in [-0.4, -0.2) is 28.7 Å². The van der Waals surface area contributed by atoms with Crippen molar-refractivity contribution in [3.05, 3.63) is 20.3 Å². The van der Waals surface area contributed by atoms with Gasteiger partial charge in [0.05, 0.1) is 8.66 Å². The molecule has 0 aliphatic heterocycles. The van der Waals surface area contributed by atoms with E-state index in [1.54, 1.807) is 0 Å². The molecule has 1 heterocycles. The van der Waals surface area contributed by atoms with Gasteiger partial charge in [-0.1, -0.05) is 15.9 Å². The molecule has 0 radical (unpaired) electrons. The third-order valence-corrected chi connectivity index (χ3v) is 4.76. The number of carbonyl (C=O) groups is 1. The van der Waals surface area contributed by atoms with Gasteiger partial charge in [-0.05, 0) is 48.3 Å². The second kappa shape index (κ2) is 6.17. The highest BCUT2D eigenvalue weighted by Gasteiger charge is 2.20. The van der Waals surface area contributed by atoms with Crippen LogP contribution in [0.4, 0.5) is 0 Å². The third-order valence-electron chi connectivity index (χ3n) is 2.28. The second-order valence-electron chi connectivity index (χ2n) is 3.85. The van der Waals surface area contributed by atoms with Gasteiger partial charge in [-0.3, -0.25) is 4.79 Å². The molecule has 1 rings (SSSR count). The van der Waals surface area contributed by atoms with Gasteiger partial charge < -0.3 is 4.90 Å². The molecule has 0 N–H and O–H groups in total. The summed E-state index contributed by atoms with van der Waals surface area (Å²) in [6, 6.07) is 2.17. The number of aryl methyl sites for hydroxylation is 1. The van der Waals surface area contributed by atoms with E-state index in [1.165, 1.54) is 11.3 Å². The van der Waals surface area contributed by atoms with Gasteiger partial charge in [0, 0.05) is 17.9 Å². The van der Waals surface area contributed by atoms with E-state index < -0.39 is 0 Å². The van der Waals surface area contributed by atoms with E-state index in [1.807, 2.05) is 31.7 Å². The number of amides is 1.